The molecule has 1 heterocycles. The van der Waals surface area contributed by atoms with Gasteiger partial charge in [-0.3, -0.25) is 9.78 Å². The van der Waals surface area contributed by atoms with Crippen molar-refractivity contribution in [1.29, 1.82) is 0 Å². The third-order valence-corrected chi connectivity index (χ3v) is 4.38. The van der Waals surface area contributed by atoms with Gasteiger partial charge in [-0.05, 0) is 49.4 Å². The van der Waals surface area contributed by atoms with E-state index in [-0.39, 0.29) is 5.91 Å². The highest BCUT2D eigenvalue weighted by Crippen LogP contribution is 2.23. The molecular weight excluding hydrogens is 308 g/mol. The van der Waals surface area contributed by atoms with Gasteiger partial charge in [0.2, 0.25) is 0 Å². The van der Waals surface area contributed by atoms with Crippen LogP contribution >= 0.6 is 0 Å². The zero-order valence-corrected chi connectivity index (χ0v) is 15.0. The molecule has 3 heteroatoms. The average molecular weight is 332 g/mol. The van der Waals surface area contributed by atoms with Gasteiger partial charge in [0.05, 0.1) is 11.2 Å². The average Bonchev–Trinajstić information content (AvgIpc) is 2.60. The summed E-state index contributed by atoms with van der Waals surface area (Å²) < 4.78 is 0. The number of amides is 1. The van der Waals surface area contributed by atoms with Crippen LogP contribution in [-0.2, 0) is 6.42 Å². The van der Waals surface area contributed by atoms with E-state index in [0.717, 1.165) is 46.1 Å². The lowest BCUT2D eigenvalue weighted by Crippen LogP contribution is -2.15. The van der Waals surface area contributed by atoms with Crippen LogP contribution in [0.2, 0.25) is 0 Å². The molecule has 0 atom stereocenters. The molecule has 3 rings (SSSR count). The Hall–Kier alpha value is -2.68. The monoisotopic (exact) mass is 332 g/mol. The maximum Gasteiger partial charge on any atom is 0.256 e. The summed E-state index contributed by atoms with van der Waals surface area (Å²) in [5.41, 5.74) is 4.52. The fourth-order valence-corrected chi connectivity index (χ4v) is 2.96. The number of fused-ring (bicyclic) bond motifs is 1. The maximum absolute atomic E-state index is 12.9. The molecule has 0 unspecified atom stereocenters. The van der Waals surface area contributed by atoms with Gasteiger partial charge in [-0.1, -0.05) is 49.7 Å². The van der Waals surface area contributed by atoms with E-state index in [2.05, 4.69) is 36.3 Å². The second-order valence-corrected chi connectivity index (χ2v) is 6.93. The van der Waals surface area contributed by atoms with Crippen molar-refractivity contribution in [3.63, 3.8) is 0 Å². The molecule has 1 amide bonds. The van der Waals surface area contributed by atoms with Crippen molar-refractivity contribution in [2.24, 2.45) is 5.92 Å². The van der Waals surface area contributed by atoms with Crippen LogP contribution in [0.25, 0.3) is 10.9 Å². The number of benzene rings is 2. The van der Waals surface area contributed by atoms with E-state index in [1.807, 2.05) is 43.3 Å². The molecule has 0 radical (unpaired) electrons. The summed E-state index contributed by atoms with van der Waals surface area (Å²) in [6, 6.07) is 15.9. The minimum Gasteiger partial charge on any atom is -0.320 e. The molecule has 0 aliphatic rings. The summed E-state index contributed by atoms with van der Waals surface area (Å²) in [7, 11) is 0. The van der Waals surface area contributed by atoms with Gasteiger partial charge in [-0.2, -0.15) is 0 Å². The van der Waals surface area contributed by atoms with Gasteiger partial charge >= 0.3 is 0 Å². The number of anilines is 1. The first-order valence-electron chi connectivity index (χ1n) is 8.79. The van der Waals surface area contributed by atoms with Gasteiger partial charge in [-0.25, -0.2) is 0 Å². The van der Waals surface area contributed by atoms with Gasteiger partial charge in [-0.15, -0.1) is 0 Å². The number of carbonyl (C=O) groups excluding carboxylic acids is 1. The van der Waals surface area contributed by atoms with Crippen LogP contribution in [0.5, 0.6) is 0 Å². The van der Waals surface area contributed by atoms with Crippen molar-refractivity contribution in [1.82, 2.24) is 4.98 Å². The lowest BCUT2D eigenvalue weighted by Gasteiger charge is -2.13. The minimum atomic E-state index is -0.0689. The van der Waals surface area contributed by atoms with E-state index in [0.29, 0.717) is 5.92 Å². The molecule has 25 heavy (non-hydrogen) atoms. The van der Waals surface area contributed by atoms with Crippen molar-refractivity contribution < 1.29 is 4.79 Å². The Bertz CT molecular complexity index is 894. The molecule has 2 aromatic carbocycles. The van der Waals surface area contributed by atoms with Crippen molar-refractivity contribution in [3.8, 4) is 0 Å². The first kappa shape index (κ1) is 17.2. The molecule has 0 saturated carbocycles. The molecule has 0 aliphatic heterocycles. The van der Waals surface area contributed by atoms with E-state index in [1.165, 1.54) is 0 Å². The molecule has 128 valence electrons. The second kappa shape index (κ2) is 7.47. The highest BCUT2D eigenvalue weighted by molar-refractivity contribution is 6.09. The lowest BCUT2D eigenvalue weighted by atomic mass is 9.96. The largest absolute Gasteiger partial charge is 0.320 e. The second-order valence-electron chi connectivity index (χ2n) is 6.93. The summed E-state index contributed by atoms with van der Waals surface area (Å²) in [5.74, 6) is 0.542. The van der Waals surface area contributed by atoms with Crippen molar-refractivity contribution in [2.45, 2.75) is 33.6 Å². The van der Waals surface area contributed by atoms with E-state index in [4.69, 9.17) is 0 Å². The maximum atomic E-state index is 12.9. The highest BCUT2D eigenvalue weighted by Gasteiger charge is 2.14. The van der Waals surface area contributed by atoms with Crippen molar-refractivity contribution >= 4 is 22.5 Å². The van der Waals surface area contributed by atoms with Crippen molar-refractivity contribution in [2.75, 3.05) is 5.32 Å². The summed E-state index contributed by atoms with van der Waals surface area (Å²) >= 11 is 0. The van der Waals surface area contributed by atoms with Gasteiger partial charge in [0.25, 0.3) is 5.91 Å². The number of aromatic nitrogens is 1. The number of hydrogen-bond acceptors (Lipinski definition) is 2. The number of carbonyl (C=O) groups is 1. The van der Waals surface area contributed by atoms with Crippen LogP contribution in [0.1, 0.15) is 41.8 Å². The van der Waals surface area contributed by atoms with Crippen molar-refractivity contribution in [3.05, 3.63) is 71.4 Å². The Morgan fingerprint density at radius 1 is 1.12 bits per heavy atom. The van der Waals surface area contributed by atoms with Gasteiger partial charge in [0.1, 0.15) is 0 Å². The molecule has 0 bridgehead atoms. The molecule has 1 aromatic heterocycles. The fourth-order valence-electron chi connectivity index (χ4n) is 2.96. The Morgan fingerprint density at radius 2 is 1.92 bits per heavy atom. The van der Waals surface area contributed by atoms with Gasteiger partial charge < -0.3 is 5.32 Å². The Labute approximate surface area is 149 Å². The third-order valence-electron chi connectivity index (χ3n) is 4.38. The molecule has 1 N–H and O–H groups in total. The summed E-state index contributed by atoms with van der Waals surface area (Å²) in [4.78, 5) is 17.3. The van der Waals surface area contributed by atoms with E-state index < -0.39 is 0 Å². The molecule has 0 fully saturated rings. The van der Waals surface area contributed by atoms with Crippen LogP contribution in [0, 0.1) is 12.8 Å². The molecule has 3 nitrogen and oxygen atoms in total. The van der Waals surface area contributed by atoms with Crippen LogP contribution < -0.4 is 5.32 Å². The number of para-hydroxylation sites is 1. The molecular formula is C22H24N2O. The standard InChI is InChI=1S/C22H24N2O/c1-15(2)9-11-17-12-10-16(3)14-19(17)22(25)24-20-8-4-6-18-7-5-13-23-21(18)20/h4-8,10,12-15H,9,11H2,1-3H3,(H,24,25). The Balaban J connectivity index is 1.91. The van der Waals surface area contributed by atoms with E-state index >= 15 is 0 Å². The van der Waals surface area contributed by atoms with Crippen LogP contribution in [0.3, 0.4) is 0 Å². The molecule has 0 saturated heterocycles. The number of rotatable bonds is 5. The van der Waals surface area contributed by atoms with Gasteiger partial charge in [0, 0.05) is 17.1 Å². The van der Waals surface area contributed by atoms with Crippen LogP contribution in [0.15, 0.2) is 54.7 Å². The Morgan fingerprint density at radius 3 is 2.72 bits per heavy atom. The summed E-state index contributed by atoms with van der Waals surface area (Å²) in [6.07, 6.45) is 3.73. The number of aryl methyl sites for hydroxylation is 2. The predicted octanol–water partition coefficient (Wildman–Crippen LogP) is 5.38. The molecule has 0 spiro atoms. The highest BCUT2D eigenvalue weighted by atomic mass is 16.1. The molecule has 3 aromatic rings. The zero-order chi connectivity index (χ0) is 17.8. The number of pyridine rings is 1. The third kappa shape index (κ3) is 4.05. The minimum absolute atomic E-state index is 0.0689. The van der Waals surface area contributed by atoms with E-state index in [9.17, 15) is 4.79 Å². The summed E-state index contributed by atoms with van der Waals surface area (Å²) in [5, 5.41) is 4.07. The quantitative estimate of drug-likeness (QED) is 0.681. The lowest BCUT2D eigenvalue weighted by molar-refractivity contribution is 0.102. The first-order chi connectivity index (χ1) is 12.0. The smallest absolute Gasteiger partial charge is 0.256 e. The van der Waals surface area contributed by atoms with Crippen LogP contribution in [0.4, 0.5) is 5.69 Å². The number of nitrogens with one attached hydrogen (secondary N) is 1. The SMILES string of the molecule is Cc1ccc(CCC(C)C)c(C(=O)Nc2cccc3cccnc23)c1. The fraction of sp³-hybridized carbons (Fsp3) is 0.273. The Kier molecular flexibility index (Phi) is 5.13. The van der Waals surface area contributed by atoms with Crippen LogP contribution in [-0.4, -0.2) is 10.9 Å². The van der Waals surface area contributed by atoms with E-state index in [1.54, 1.807) is 6.20 Å². The first-order valence-corrected chi connectivity index (χ1v) is 8.79. The summed E-state index contributed by atoms with van der Waals surface area (Å²) in [6.45, 7) is 6.42. The number of hydrogen-bond donors (Lipinski definition) is 1. The zero-order valence-electron chi connectivity index (χ0n) is 15.0. The topological polar surface area (TPSA) is 42.0 Å². The van der Waals surface area contributed by atoms with Gasteiger partial charge in [0.15, 0.2) is 0 Å². The predicted molar refractivity (Wildman–Crippen MR) is 104 cm³/mol. The number of nitrogens with zero attached hydrogens (tertiary/aromatic N) is 1. The normalized spacial score (nSPS) is 11.0. The molecule has 0 aliphatic carbocycles.